The fraction of sp³-hybridized carbons (Fsp3) is 0.500. The van der Waals surface area contributed by atoms with E-state index in [4.69, 9.17) is 15.2 Å². The lowest BCUT2D eigenvalue weighted by Gasteiger charge is -2.35. The maximum absolute atomic E-state index is 14.3. The van der Waals surface area contributed by atoms with E-state index in [1.165, 1.54) is 4.90 Å². The molecule has 0 aromatic heterocycles. The van der Waals surface area contributed by atoms with Crippen LogP contribution >= 0.6 is 0 Å². The van der Waals surface area contributed by atoms with Crippen molar-refractivity contribution < 1.29 is 33.4 Å². The quantitative estimate of drug-likeness (QED) is 0.283. The number of ether oxygens (including phenoxy) is 2. The molecule has 11 heteroatoms. The van der Waals surface area contributed by atoms with Crippen LogP contribution in [-0.4, -0.2) is 64.5 Å². The number of aryl methyl sites for hydroxylation is 1. The van der Waals surface area contributed by atoms with Crippen molar-refractivity contribution in [3.05, 3.63) is 71.3 Å². The molecule has 4 N–H and O–H groups in total. The second kappa shape index (κ2) is 16.1. The van der Waals surface area contributed by atoms with Gasteiger partial charge in [-0.2, -0.15) is 0 Å². The van der Waals surface area contributed by atoms with Crippen LogP contribution in [0.3, 0.4) is 0 Å². The van der Waals surface area contributed by atoms with Crippen LogP contribution in [0.2, 0.25) is 0 Å². The van der Waals surface area contributed by atoms with Gasteiger partial charge in [-0.3, -0.25) is 14.4 Å². The molecule has 3 atom stereocenters. The maximum atomic E-state index is 14.3. The molecule has 246 valence electrons. The van der Waals surface area contributed by atoms with E-state index in [1.807, 2.05) is 44.2 Å². The monoisotopic (exact) mass is 624 g/mol. The van der Waals surface area contributed by atoms with Gasteiger partial charge in [-0.25, -0.2) is 9.59 Å². The first-order valence-corrected chi connectivity index (χ1v) is 15.1. The van der Waals surface area contributed by atoms with Crippen molar-refractivity contribution in [1.29, 1.82) is 0 Å². The molecule has 4 amide bonds. The van der Waals surface area contributed by atoms with Crippen molar-refractivity contribution in [2.24, 2.45) is 5.73 Å². The highest BCUT2D eigenvalue weighted by Gasteiger charge is 2.38. The van der Waals surface area contributed by atoms with Crippen LogP contribution in [0.4, 0.5) is 4.79 Å². The van der Waals surface area contributed by atoms with E-state index in [-0.39, 0.29) is 13.0 Å². The number of primary amides is 1. The summed E-state index contributed by atoms with van der Waals surface area (Å²) in [5.74, 6) is -2.80. The number of carbonyl (C=O) groups excluding carboxylic acids is 5. The van der Waals surface area contributed by atoms with Crippen molar-refractivity contribution >= 4 is 29.8 Å². The lowest BCUT2D eigenvalue weighted by atomic mass is 9.99. The Labute approximate surface area is 266 Å². The van der Waals surface area contributed by atoms with Crippen LogP contribution in [-0.2, 0) is 35.1 Å². The summed E-state index contributed by atoms with van der Waals surface area (Å²) in [5.41, 5.74) is 5.98. The smallest absolute Gasteiger partial charge is 0.408 e. The lowest BCUT2D eigenvalue weighted by Crippen LogP contribution is -2.55. The van der Waals surface area contributed by atoms with Gasteiger partial charge in [0, 0.05) is 13.0 Å². The number of benzene rings is 2. The molecule has 0 aliphatic carbocycles. The molecule has 2 rings (SSSR count). The third-order valence-corrected chi connectivity index (χ3v) is 6.39. The lowest BCUT2D eigenvalue weighted by molar-refractivity contribution is -0.159. The van der Waals surface area contributed by atoms with E-state index in [2.05, 4.69) is 10.6 Å². The van der Waals surface area contributed by atoms with Crippen LogP contribution < -0.4 is 16.4 Å². The molecule has 2 aromatic rings. The fourth-order valence-corrected chi connectivity index (χ4v) is 4.55. The third-order valence-electron chi connectivity index (χ3n) is 6.39. The Bertz CT molecular complexity index is 1310. The zero-order valence-corrected chi connectivity index (χ0v) is 27.6. The second-order valence-corrected chi connectivity index (χ2v) is 13.0. The van der Waals surface area contributed by atoms with Gasteiger partial charge in [0.2, 0.25) is 17.7 Å². The first kappa shape index (κ1) is 36.8. The number of hydrogen-bond acceptors (Lipinski definition) is 7. The van der Waals surface area contributed by atoms with E-state index < -0.39 is 65.5 Å². The van der Waals surface area contributed by atoms with Gasteiger partial charge in [0.1, 0.15) is 29.3 Å². The first-order valence-electron chi connectivity index (χ1n) is 15.1. The normalized spacial score (nSPS) is 13.5. The number of nitrogens with zero attached hydrogens (tertiary/aromatic N) is 1. The summed E-state index contributed by atoms with van der Waals surface area (Å²) in [6.07, 6.45) is -0.845. The zero-order chi connectivity index (χ0) is 33.9. The summed E-state index contributed by atoms with van der Waals surface area (Å²) in [6, 6.07) is 12.5. The summed E-state index contributed by atoms with van der Waals surface area (Å²) in [5, 5.41) is 5.29. The molecule has 0 fully saturated rings. The molecule has 0 bridgehead atoms. The zero-order valence-electron chi connectivity index (χ0n) is 27.6. The van der Waals surface area contributed by atoms with Crippen molar-refractivity contribution in [2.75, 3.05) is 6.54 Å². The number of rotatable bonds is 13. The minimum Gasteiger partial charge on any atom is -0.458 e. The Morgan fingerprint density at radius 1 is 0.822 bits per heavy atom. The average Bonchev–Trinajstić information content (AvgIpc) is 2.91. The molecular weight excluding hydrogens is 576 g/mol. The third kappa shape index (κ3) is 12.6. The molecule has 3 unspecified atom stereocenters. The Morgan fingerprint density at radius 2 is 1.40 bits per heavy atom. The van der Waals surface area contributed by atoms with Gasteiger partial charge < -0.3 is 30.7 Å². The molecular formula is C34H48N4O7. The Kier molecular flexibility index (Phi) is 13.1. The highest BCUT2D eigenvalue weighted by molar-refractivity contribution is 5.95. The second-order valence-electron chi connectivity index (χ2n) is 13.0. The largest absolute Gasteiger partial charge is 0.458 e. The molecule has 0 heterocycles. The van der Waals surface area contributed by atoms with Gasteiger partial charge in [0.05, 0.1) is 6.42 Å². The van der Waals surface area contributed by atoms with E-state index in [9.17, 15) is 24.0 Å². The number of carbonyl (C=O) groups is 5. The highest BCUT2D eigenvalue weighted by Crippen LogP contribution is 2.25. The molecule has 0 saturated carbocycles. The van der Waals surface area contributed by atoms with Crippen LogP contribution in [0.15, 0.2) is 54.6 Å². The summed E-state index contributed by atoms with van der Waals surface area (Å²) < 4.78 is 11.0. The Morgan fingerprint density at radius 3 is 1.91 bits per heavy atom. The summed E-state index contributed by atoms with van der Waals surface area (Å²) in [7, 11) is 0. The van der Waals surface area contributed by atoms with Crippen molar-refractivity contribution in [1.82, 2.24) is 15.5 Å². The van der Waals surface area contributed by atoms with Crippen LogP contribution in [0, 0.1) is 6.92 Å². The maximum Gasteiger partial charge on any atom is 0.408 e. The van der Waals surface area contributed by atoms with Gasteiger partial charge >= 0.3 is 12.1 Å². The molecule has 45 heavy (non-hydrogen) atoms. The summed E-state index contributed by atoms with van der Waals surface area (Å²) in [6.45, 7) is 14.0. The number of amides is 4. The number of esters is 1. The number of hydrogen-bond donors (Lipinski definition) is 3. The van der Waals surface area contributed by atoms with Gasteiger partial charge in [0.25, 0.3) is 0 Å². The van der Waals surface area contributed by atoms with Crippen LogP contribution in [0.1, 0.15) is 84.0 Å². The van der Waals surface area contributed by atoms with E-state index in [1.54, 1.807) is 65.8 Å². The van der Waals surface area contributed by atoms with Crippen LogP contribution in [0.5, 0.6) is 0 Å². The first-order chi connectivity index (χ1) is 20.9. The van der Waals surface area contributed by atoms with Gasteiger partial charge in [-0.1, -0.05) is 67.1 Å². The molecule has 0 saturated heterocycles. The number of alkyl carbamates (subject to hydrolysis) is 1. The van der Waals surface area contributed by atoms with E-state index in [0.717, 1.165) is 11.1 Å². The SMILES string of the molecule is CCCN(C(=O)C(CC(N)=O)NC(=O)OC(C)(C)C)C(C(=O)NC(Cc1ccccc1)C(=O)OC(C)(C)C)c1ccc(C)cc1. The minimum atomic E-state index is -1.41. The molecule has 0 spiro atoms. The van der Waals surface area contributed by atoms with Crippen molar-refractivity contribution in [3.63, 3.8) is 0 Å². The Hall–Kier alpha value is -4.41. The average molecular weight is 625 g/mol. The number of nitrogens with one attached hydrogen (secondary N) is 2. The van der Waals surface area contributed by atoms with E-state index >= 15 is 0 Å². The molecule has 0 radical (unpaired) electrons. The van der Waals surface area contributed by atoms with E-state index in [0.29, 0.717) is 12.0 Å². The standard InChI is InChI=1S/C34H48N4O7/c1-9-19-38(30(41)25(21-27(35)39)37-32(43)45-34(6,7)8)28(24-17-15-22(2)16-18-24)29(40)36-26(31(42)44-33(3,4)5)20-23-13-11-10-12-14-23/h10-18,25-26,28H,9,19-21H2,1-8H3,(H2,35,39)(H,36,40)(H,37,43). The molecule has 0 aliphatic heterocycles. The predicted molar refractivity (Wildman–Crippen MR) is 171 cm³/mol. The van der Waals surface area contributed by atoms with Crippen LogP contribution in [0.25, 0.3) is 0 Å². The predicted octanol–water partition coefficient (Wildman–Crippen LogP) is 4.11. The molecule has 11 nitrogen and oxygen atoms in total. The number of nitrogens with two attached hydrogens (primary N) is 1. The molecule has 0 aliphatic rings. The molecule has 2 aromatic carbocycles. The van der Waals surface area contributed by atoms with Crippen molar-refractivity contribution in [2.45, 2.75) is 104 Å². The summed E-state index contributed by atoms with van der Waals surface area (Å²) in [4.78, 5) is 67.7. The Balaban J connectivity index is 2.57. The van der Waals surface area contributed by atoms with Gasteiger partial charge in [-0.15, -0.1) is 0 Å². The topological polar surface area (TPSA) is 157 Å². The van der Waals surface area contributed by atoms with Gasteiger partial charge in [0.15, 0.2) is 0 Å². The van der Waals surface area contributed by atoms with Crippen molar-refractivity contribution in [3.8, 4) is 0 Å². The minimum absolute atomic E-state index is 0.0891. The highest BCUT2D eigenvalue weighted by atomic mass is 16.6. The van der Waals surface area contributed by atoms with Gasteiger partial charge in [-0.05, 0) is 66.0 Å². The summed E-state index contributed by atoms with van der Waals surface area (Å²) >= 11 is 0. The fourth-order valence-electron chi connectivity index (χ4n) is 4.55.